The monoisotopic (exact) mass is 541 g/mol. The van der Waals surface area contributed by atoms with E-state index >= 15 is 0 Å². The Hall–Kier alpha value is -4.08. The van der Waals surface area contributed by atoms with Crippen LogP contribution in [0.3, 0.4) is 0 Å². The standard InChI is InChI=1S/C31H32FN5O3/c32-24-6-8-26-18-27(23-4-2-1-3-5-23)29(37(26)21-24)30(38)31(39)34-25-7-9-28(33-19-25)36-14-12-35(13-15-36)20-22-10-16-40-17-11-22/h1-9,18-19,21-22H,10-17,20H2,(H,34,39). The summed E-state index contributed by atoms with van der Waals surface area (Å²) in [5.74, 6) is -0.501. The zero-order chi connectivity index (χ0) is 27.5. The molecule has 206 valence electrons. The second-order valence-electron chi connectivity index (χ2n) is 10.4. The summed E-state index contributed by atoms with van der Waals surface area (Å²) in [7, 11) is 0. The Balaban J connectivity index is 1.12. The highest BCUT2D eigenvalue weighted by atomic mass is 19.1. The molecule has 4 aromatic rings. The number of anilines is 2. The quantitative estimate of drug-likeness (QED) is 0.274. The maximum atomic E-state index is 14.1. The number of rotatable bonds is 7. The predicted molar refractivity (Wildman–Crippen MR) is 152 cm³/mol. The van der Waals surface area contributed by atoms with Crippen LogP contribution < -0.4 is 10.2 Å². The third-order valence-electron chi connectivity index (χ3n) is 7.80. The molecule has 3 aromatic heterocycles. The maximum absolute atomic E-state index is 14.1. The maximum Gasteiger partial charge on any atom is 0.298 e. The number of piperazine rings is 1. The number of pyridine rings is 2. The number of aromatic nitrogens is 2. The molecule has 0 atom stereocenters. The molecule has 6 rings (SSSR count). The first kappa shape index (κ1) is 26.2. The number of Topliss-reactive ketones (excluding diaryl/α,β-unsaturated/α-hetero) is 1. The van der Waals surface area contributed by atoms with Crippen LogP contribution in [0.15, 0.2) is 73.1 Å². The first-order valence-electron chi connectivity index (χ1n) is 13.8. The Kier molecular flexibility index (Phi) is 7.57. The van der Waals surface area contributed by atoms with E-state index in [1.807, 2.05) is 36.4 Å². The smallest absolute Gasteiger partial charge is 0.298 e. The van der Waals surface area contributed by atoms with Gasteiger partial charge in [-0.25, -0.2) is 9.37 Å². The van der Waals surface area contributed by atoms with Crippen LogP contribution >= 0.6 is 0 Å². The van der Waals surface area contributed by atoms with Crippen molar-refractivity contribution in [1.82, 2.24) is 14.3 Å². The number of hydrogen-bond donors (Lipinski definition) is 1. The third kappa shape index (κ3) is 5.61. The number of nitrogens with one attached hydrogen (secondary N) is 1. The number of fused-ring (bicyclic) bond motifs is 1. The number of amides is 1. The minimum atomic E-state index is -0.808. The van der Waals surface area contributed by atoms with Crippen LogP contribution in [0, 0.1) is 11.7 Å². The lowest BCUT2D eigenvalue weighted by Crippen LogP contribution is -2.48. The van der Waals surface area contributed by atoms with Crippen LogP contribution in [0.4, 0.5) is 15.9 Å². The molecule has 2 fully saturated rings. The molecule has 0 spiro atoms. The van der Waals surface area contributed by atoms with E-state index in [1.165, 1.54) is 16.7 Å². The van der Waals surface area contributed by atoms with Crippen LogP contribution in [0.1, 0.15) is 23.3 Å². The van der Waals surface area contributed by atoms with Crippen LogP contribution in [-0.2, 0) is 9.53 Å². The van der Waals surface area contributed by atoms with Crippen molar-refractivity contribution in [3.63, 3.8) is 0 Å². The number of halogens is 1. The molecule has 2 saturated heterocycles. The molecule has 2 aliphatic rings. The minimum absolute atomic E-state index is 0.112. The molecule has 0 bridgehead atoms. The van der Waals surface area contributed by atoms with Gasteiger partial charge < -0.3 is 19.4 Å². The van der Waals surface area contributed by atoms with Crippen molar-refractivity contribution >= 4 is 28.7 Å². The van der Waals surface area contributed by atoms with Gasteiger partial charge in [0.25, 0.3) is 11.7 Å². The van der Waals surface area contributed by atoms with Crippen molar-refractivity contribution in [1.29, 1.82) is 0 Å². The molecular formula is C31H32FN5O3. The average Bonchev–Trinajstić information content (AvgIpc) is 3.37. The molecule has 1 aromatic carbocycles. The van der Waals surface area contributed by atoms with Crippen molar-refractivity contribution in [2.75, 3.05) is 56.2 Å². The lowest BCUT2D eigenvalue weighted by atomic mass is 9.99. The highest BCUT2D eigenvalue weighted by Gasteiger charge is 2.26. The Bertz CT molecular complexity index is 1490. The molecule has 0 unspecified atom stereocenters. The first-order valence-corrected chi connectivity index (χ1v) is 13.8. The second kappa shape index (κ2) is 11.6. The van der Waals surface area contributed by atoms with Gasteiger partial charge in [-0.2, -0.15) is 0 Å². The van der Waals surface area contributed by atoms with Gasteiger partial charge in [0.15, 0.2) is 0 Å². The molecule has 0 aliphatic carbocycles. The number of hydrogen-bond acceptors (Lipinski definition) is 6. The summed E-state index contributed by atoms with van der Waals surface area (Å²) >= 11 is 0. The lowest BCUT2D eigenvalue weighted by molar-refractivity contribution is -0.112. The SMILES string of the molecule is O=C(Nc1ccc(N2CCN(CC3CCOCC3)CC2)nc1)C(=O)c1c(-c2ccccc2)cc2ccc(F)cn12. The van der Waals surface area contributed by atoms with Gasteiger partial charge in [-0.15, -0.1) is 0 Å². The Labute approximate surface area is 232 Å². The van der Waals surface area contributed by atoms with Gasteiger partial charge in [-0.05, 0) is 54.7 Å². The van der Waals surface area contributed by atoms with Gasteiger partial charge in [0, 0.05) is 63.2 Å². The first-order chi connectivity index (χ1) is 19.5. The van der Waals surface area contributed by atoms with E-state index in [9.17, 15) is 14.0 Å². The number of ether oxygens (including phenoxy) is 1. The van der Waals surface area contributed by atoms with Gasteiger partial charge in [-0.1, -0.05) is 30.3 Å². The van der Waals surface area contributed by atoms with Crippen molar-refractivity contribution in [2.45, 2.75) is 12.8 Å². The number of ketones is 1. The van der Waals surface area contributed by atoms with E-state index < -0.39 is 17.5 Å². The summed E-state index contributed by atoms with van der Waals surface area (Å²) in [6.07, 6.45) is 5.08. The fraction of sp³-hybridized carbons (Fsp3) is 0.323. The fourth-order valence-electron chi connectivity index (χ4n) is 5.61. The summed E-state index contributed by atoms with van der Waals surface area (Å²) in [6.45, 7) is 6.62. The van der Waals surface area contributed by atoms with Crippen molar-refractivity contribution in [3.05, 3.63) is 84.6 Å². The predicted octanol–water partition coefficient (Wildman–Crippen LogP) is 4.51. The molecule has 0 radical (unpaired) electrons. The number of nitrogens with zero attached hydrogens (tertiary/aromatic N) is 4. The van der Waals surface area contributed by atoms with E-state index in [4.69, 9.17) is 4.74 Å². The summed E-state index contributed by atoms with van der Waals surface area (Å²) in [4.78, 5) is 35.8. The lowest BCUT2D eigenvalue weighted by Gasteiger charge is -2.37. The molecule has 5 heterocycles. The Morgan fingerprint density at radius 3 is 2.48 bits per heavy atom. The van der Waals surface area contributed by atoms with E-state index in [0.29, 0.717) is 16.8 Å². The minimum Gasteiger partial charge on any atom is -0.381 e. The van der Waals surface area contributed by atoms with E-state index in [1.54, 1.807) is 24.4 Å². The molecular weight excluding hydrogens is 509 g/mol. The molecule has 0 saturated carbocycles. The van der Waals surface area contributed by atoms with Crippen molar-refractivity contribution in [3.8, 4) is 11.1 Å². The largest absolute Gasteiger partial charge is 0.381 e. The Morgan fingerprint density at radius 2 is 1.75 bits per heavy atom. The highest BCUT2D eigenvalue weighted by molar-refractivity contribution is 6.47. The van der Waals surface area contributed by atoms with Crippen LogP contribution in [0.5, 0.6) is 0 Å². The third-order valence-corrected chi connectivity index (χ3v) is 7.80. The van der Waals surface area contributed by atoms with E-state index in [2.05, 4.69) is 20.1 Å². The van der Waals surface area contributed by atoms with Crippen molar-refractivity contribution < 1.29 is 18.7 Å². The molecule has 9 heteroatoms. The zero-order valence-corrected chi connectivity index (χ0v) is 22.3. The summed E-state index contributed by atoms with van der Waals surface area (Å²) in [5, 5.41) is 2.68. The van der Waals surface area contributed by atoms with Gasteiger partial charge in [-0.3, -0.25) is 14.5 Å². The van der Waals surface area contributed by atoms with E-state index in [-0.39, 0.29) is 5.69 Å². The molecule has 2 aliphatic heterocycles. The number of benzene rings is 1. The molecule has 8 nitrogen and oxygen atoms in total. The van der Waals surface area contributed by atoms with Crippen LogP contribution in [-0.4, -0.2) is 71.9 Å². The molecule has 40 heavy (non-hydrogen) atoms. The topological polar surface area (TPSA) is 79.2 Å². The van der Waals surface area contributed by atoms with Gasteiger partial charge in [0.2, 0.25) is 0 Å². The summed E-state index contributed by atoms with van der Waals surface area (Å²) in [5.41, 5.74) is 2.49. The second-order valence-corrected chi connectivity index (χ2v) is 10.4. The van der Waals surface area contributed by atoms with E-state index in [0.717, 1.165) is 76.1 Å². The molecule has 1 N–H and O–H groups in total. The van der Waals surface area contributed by atoms with Crippen molar-refractivity contribution in [2.24, 2.45) is 5.92 Å². The van der Waals surface area contributed by atoms with Gasteiger partial charge in [0.1, 0.15) is 17.3 Å². The van der Waals surface area contributed by atoms with Crippen LogP contribution in [0.25, 0.3) is 16.6 Å². The number of carbonyl (C=O) groups is 2. The summed E-state index contributed by atoms with van der Waals surface area (Å²) in [6, 6.07) is 17.6. The fourth-order valence-corrected chi connectivity index (χ4v) is 5.61. The normalized spacial score (nSPS) is 16.8. The van der Waals surface area contributed by atoms with Gasteiger partial charge in [0.05, 0.1) is 11.9 Å². The van der Waals surface area contributed by atoms with Crippen LogP contribution in [0.2, 0.25) is 0 Å². The average molecular weight is 542 g/mol. The summed E-state index contributed by atoms with van der Waals surface area (Å²) < 4.78 is 21.0. The number of carbonyl (C=O) groups excluding carboxylic acids is 2. The van der Waals surface area contributed by atoms with Gasteiger partial charge >= 0.3 is 0 Å². The zero-order valence-electron chi connectivity index (χ0n) is 22.3. The Morgan fingerprint density at radius 1 is 0.975 bits per heavy atom. The highest BCUT2D eigenvalue weighted by Crippen LogP contribution is 2.29. The molecule has 1 amide bonds.